The van der Waals surface area contributed by atoms with Crippen molar-refractivity contribution in [2.24, 2.45) is 13.0 Å². The third kappa shape index (κ3) is 4.41. The topological polar surface area (TPSA) is 51.0 Å². The minimum atomic E-state index is -2.26. The second-order valence-corrected chi connectivity index (χ2v) is 8.15. The highest BCUT2D eigenvalue weighted by molar-refractivity contribution is 5.88. The van der Waals surface area contributed by atoms with Crippen LogP contribution in [0.2, 0.25) is 0 Å². The van der Waals surface area contributed by atoms with Gasteiger partial charge in [0.05, 0.1) is 24.9 Å². The highest BCUT2D eigenvalue weighted by Crippen LogP contribution is 2.26. The van der Waals surface area contributed by atoms with E-state index in [1.54, 1.807) is 6.20 Å². The maximum absolute atomic E-state index is 12.8. The molecule has 1 saturated heterocycles. The number of ketones is 1. The van der Waals surface area contributed by atoms with Crippen LogP contribution in [-0.4, -0.2) is 51.3 Å². The molecule has 0 N–H and O–H groups in total. The van der Waals surface area contributed by atoms with Crippen molar-refractivity contribution in [3.05, 3.63) is 48.2 Å². The van der Waals surface area contributed by atoms with E-state index in [1.165, 1.54) is 0 Å². The first kappa shape index (κ1) is 20.6. The summed E-state index contributed by atoms with van der Waals surface area (Å²) in [5, 5.41) is 2.05. The van der Waals surface area contributed by atoms with Crippen molar-refractivity contribution < 1.29 is 13.6 Å². The van der Waals surface area contributed by atoms with Gasteiger partial charge in [0.15, 0.2) is 5.78 Å². The van der Waals surface area contributed by atoms with Gasteiger partial charge in [-0.3, -0.25) is 14.7 Å². The highest BCUT2D eigenvalue weighted by Gasteiger charge is 2.26. The fraction of sp³-hybridized carbons (Fsp3) is 0.435. The lowest BCUT2D eigenvalue weighted by molar-refractivity contribution is -0.120. The van der Waals surface area contributed by atoms with E-state index in [-0.39, 0.29) is 12.2 Å². The second-order valence-electron chi connectivity index (χ2n) is 8.15. The predicted molar refractivity (Wildman–Crippen MR) is 113 cm³/mol. The number of fused-ring (bicyclic) bond motifs is 1. The fourth-order valence-corrected chi connectivity index (χ4v) is 4.08. The first-order valence-corrected chi connectivity index (χ1v) is 10.3. The van der Waals surface area contributed by atoms with Gasteiger partial charge in [-0.25, -0.2) is 13.8 Å². The van der Waals surface area contributed by atoms with E-state index >= 15 is 0 Å². The van der Waals surface area contributed by atoms with Crippen LogP contribution in [0.4, 0.5) is 8.78 Å². The SMILES string of the molecule is Cc1ncc(-c2ccc3cnc(CC(=O)CN4CCC(C(F)F)CC4)cc3c2)n1C. The van der Waals surface area contributed by atoms with Gasteiger partial charge >= 0.3 is 0 Å². The number of halogens is 2. The Balaban J connectivity index is 1.44. The van der Waals surface area contributed by atoms with Crippen LogP contribution in [0.5, 0.6) is 0 Å². The van der Waals surface area contributed by atoms with Crippen LogP contribution in [0.3, 0.4) is 0 Å². The molecule has 5 nitrogen and oxygen atoms in total. The summed E-state index contributed by atoms with van der Waals surface area (Å²) in [6, 6.07) is 8.13. The number of rotatable bonds is 6. The van der Waals surface area contributed by atoms with Gasteiger partial charge < -0.3 is 4.57 Å². The summed E-state index contributed by atoms with van der Waals surface area (Å²) in [6.07, 6.45) is 2.55. The lowest BCUT2D eigenvalue weighted by Crippen LogP contribution is -2.39. The Bertz CT molecular complexity index is 1050. The van der Waals surface area contributed by atoms with Crippen molar-refractivity contribution in [1.82, 2.24) is 19.4 Å². The van der Waals surface area contributed by atoms with Gasteiger partial charge in [0.25, 0.3) is 0 Å². The lowest BCUT2D eigenvalue weighted by Gasteiger charge is -2.30. The van der Waals surface area contributed by atoms with Crippen LogP contribution >= 0.6 is 0 Å². The number of aryl methyl sites for hydroxylation is 1. The van der Waals surface area contributed by atoms with Crippen molar-refractivity contribution in [2.45, 2.75) is 32.6 Å². The van der Waals surface area contributed by atoms with Crippen molar-refractivity contribution in [3.8, 4) is 11.3 Å². The summed E-state index contributed by atoms with van der Waals surface area (Å²) < 4.78 is 27.6. The number of pyridine rings is 1. The van der Waals surface area contributed by atoms with Gasteiger partial charge in [-0.2, -0.15) is 0 Å². The monoisotopic (exact) mass is 412 g/mol. The van der Waals surface area contributed by atoms with Gasteiger partial charge in [0, 0.05) is 35.8 Å². The molecule has 0 atom stereocenters. The summed E-state index contributed by atoms with van der Waals surface area (Å²) >= 11 is 0. The number of likely N-dealkylation sites (tertiary alicyclic amines) is 1. The Hall–Kier alpha value is -2.67. The summed E-state index contributed by atoms with van der Waals surface area (Å²) in [6.45, 7) is 3.37. The van der Waals surface area contributed by atoms with E-state index in [4.69, 9.17) is 0 Å². The smallest absolute Gasteiger partial charge is 0.241 e. The molecule has 3 aromatic rings. The maximum atomic E-state index is 12.8. The molecule has 1 aliphatic rings. The normalized spacial score (nSPS) is 15.9. The number of carbonyl (C=O) groups is 1. The van der Waals surface area contributed by atoms with Crippen molar-refractivity contribution in [1.29, 1.82) is 0 Å². The molecule has 1 aromatic carbocycles. The first-order valence-electron chi connectivity index (χ1n) is 10.3. The number of piperidine rings is 1. The summed E-state index contributed by atoms with van der Waals surface area (Å²) in [4.78, 5) is 23.3. The highest BCUT2D eigenvalue weighted by atomic mass is 19.3. The van der Waals surface area contributed by atoms with Gasteiger partial charge in [-0.15, -0.1) is 0 Å². The van der Waals surface area contributed by atoms with Crippen LogP contribution in [0.15, 0.2) is 36.7 Å². The minimum absolute atomic E-state index is 0.0655. The molecule has 4 rings (SSSR count). The quantitative estimate of drug-likeness (QED) is 0.613. The number of aromatic nitrogens is 3. The molecule has 30 heavy (non-hydrogen) atoms. The van der Waals surface area contributed by atoms with E-state index in [9.17, 15) is 13.6 Å². The van der Waals surface area contributed by atoms with E-state index in [0.29, 0.717) is 32.5 Å². The van der Waals surface area contributed by atoms with Crippen molar-refractivity contribution >= 4 is 16.6 Å². The van der Waals surface area contributed by atoms with Crippen LogP contribution in [0.1, 0.15) is 24.4 Å². The summed E-state index contributed by atoms with van der Waals surface area (Å²) in [7, 11) is 1.99. The van der Waals surface area contributed by atoms with E-state index < -0.39 is 12.3 Å². The lowest BCUT2D eigenvalue weighted by atomic mass is 9.97. The standard InChI is InChI=1S/C23H26F2N4O/c1-15-26-13-22(28(15)2)17-3-4-18-12-27-20(10-19(18)9-17)11-21(30)14-29-7-5-16(6-8-29)23(24)25/h3-4,9-10,12-13,16,23H,5-8,11,14H2,1-2H3. The first-order chi connectivity index (χ1) is 14.4. The molecular weight excluding hydrogens is 386 g/mol. The largest absolute Gasteiger partial charge is 0.331 e. The van der Waals surface area contributed by atoms with Gasteiger partial charge in [0.2, 0.25) is 6.43 Å². The number of Topliss-reactive ketones (excluding diaryl/α,β-unsaturated/α-hetero) is 1. The van der Waals surface area contributed by atoms with Crippen molar-refractivity contribution in [3.63, 3.8) is 0 Å². The Morgan fingerprint density at radius 3 is 2.57 bits per heavy atom. The molecule has 0 amide bonds. The number of benzene rings is 1. The zero-order valence-electron chi connectivity index (χ0n) is 17.3. The predicted octanol–water partition coefficient (Wildman–Crippen LogP) is 4.03. The third-order valence-electron chi connectivity index (χ3n) is 6.06. The fourth-order valence-electron chi connectivity index (χ4n) is 4.08. The molecule has 0 spiro atoms. The number of alkyl halides is 2. The zero-order valence-corrected chi connectivity index (χ0v) is 17.3. The zero-order chi connectivity index (χ0) is 21.3. The van der Waals surface area contributed by atoms with E-state index in [1.807, 2.05) is 47.8 Å². The molecule has 0 saturated carbocycles. The Labute approximate surface area is 174 Å². The minimum Gasteiger partial charge on any atom is -0.331 e. The molecule has 7 heteroatoms. The van der Waals surface area contributed by atoms with Crippen LogP contribution < -0.4 is 0 Å². The number of carbonyl (C=O) groups excluding carboxylic acids is 1. The average Bonchev–Trinajstić information content (AvgIpc) is 3.06. The molecule has 0 aliphatic carbocycles. The van der Waals surface area contributed by atoms with E-state index in [0.717, 1.165) is 33.5 Å². The number of nitrogens with zero attached hydrogens (tertiary/aromatic N) is 4. The molecule has 1 aliphatic heterocycles. The number of hydrogen-bond donors (Lipinski definition) is 0. The van der Waals surface area contributed by atoms with Crippen LogP contribution in [0, 0.1) is 12.8 Å². The molecular formula is C23H26F2N4O. The molecule has 0 bridgehead atoms. The molecule has 158 valence electrons. The molecule has 2 aromatic heterocycles. The summed E-state index contributed by atoms with van der Waals surface area (Å²) in [5.41, 5.74) is 2.83. The van der Waals surface area contributed by atoms with Crippen LogP contribution in [0.25, 0.3) is 22.0 Å². The molecule has 3 heterocycles. The Morgan fingerprint density at radius 2 is 1.90 bits per heavy atom. The van der Waals surface area contributed by atoms with Gasteiger partial charge in [0.1, 0.15) is 5.82 Å². The second kappa shape index (κ2) is 8.60. The summed E-state index contributed by atoms with van der Waals surface area (Å²) in [5.74, 6) is 0.482. The number of imidazole rings is 1. The van der Waals surface area contributed by atoms with Crippen molar-refractivity contribution in [2.75, 3.05) is 19.6 Å². The Kier molecular flexibility index (Phi) is 5.90. The van der Waals surface area contributed by atoms with E-state index in [2.05, 4.69) is 16.0 Å². The maximum Gasteiger partial charge on any atom is 0.241 e. The molecule has 1 fully saturated rings. The van der Waals surface area contributed by atoms with Gasteiger partial charge in [-0.1, -0.05) is 12.1 Å². The average molecular weight is 412 g/mol. The molecule has 0 unspecified atom stereocenters. The number of hydrogen-bond acceptors (Lipinski definition) is 4. The Morgan fingerprint density at radius 1 is 1.13 bits per heavy atom. The molecule has 0 radical (unpaired) electrons. The van der Waals surface area contributed by atoms with Gasteiger partial charge in [-0.05, 0) is 50.4 Å². The van der Waals surface area contributed by atoms with Crippen LogP contribution in [-0.2, 0) is 18.3 Å². The third-order valence-corrected chi connectivity index (χ3v) is 6.06.